The summed E-state index contributed by atoms with van der Waals surface area (Å²) in [5.41, 5.74) is 3.13. The van der Waals surface area contributed by atoms with Crippen LogP contribution in [0.1, 0.15) is 56.7 Å². The van der Waals surface area contributed by atoms with Crippen LogP contribution in [0.2, 0.25) is 10.0 Å². The minimum absolute atomic E-state index is 0.0351. The highest BCUT2D eigenvalue weighted by atomic mass is 35.5. The third-order valence-corrected chi connectivity index (χ3v) is 7.95. The van der Waals surface area contributed by atoms with Crippen molar-refractivity contribution in [3.63, 3.8) is 0 Å². The number of carbonyl (C=O) groups excluding carboxylic acids is 2. The Morgan fingerprint density at radius 3 is 2.19 bits per heavy atom. The Bertz CT molecular complexity index is 1200. The van der Waals surface area contributed by atoms with Crippen LogP contribution in [-0.4, -0.2) is 50.0 Å². The van der Waals surface area contributed by atoms with Crippen LogP contribution in [-0.2, 0) is 26.2 Å². The van der Waals surface area contributed by atoms with Crippen molar-refractivity contribution in [2.24, 2.45) is 0 Å². The van der Waals surface area contributed by atoms with E-state index >= 15 is 0 Å². The fourth-order valence-corrected chi connectivity index (χ4v) is 5.40. The van der Waals surface area contributed by atoms with Crippen LogP contribution in [0.15, 0.2) is 36.4 Å². The van der Waals surface area contributed by atoms with Gasteiger partial charge in [-0.3, -0.25) is 13.9 Å². The topological polar surface area (TPSA) is 86.8 Å². The lowest BCUT2D eigenvalue weighted by molar-refractivity contribution is -0.140. The third kappa shape index (κ3) is 9.20. The number of benzene rings is 2. The number of hydrogen-bond donors (Lipinski definition) is 1. The van der Waals surface area contributed by atoms with Crippen LogP contribution in [0.4, 0.5) is 5.69 Å². The van der Waals surface area contributed by atoms with E-state index in [0.717, 1.165) is 23.8 Å². The quantitative estimate of drug-likeness (QED) is 0.366. The van der Waals surface area contributed by atoms with Crippen LogP contribution >= 0.6 is 23.2 Å². The van der Waals surface area contributed by atoms with E-state index in [-0.39, 0.29) is 43.8 Å². The monoisotopic (exact) mass is 569 g/mol. The van der Waals surface area contributed by atoms with Crippen molar-refractivity contribution in [1.82, 2.24) is 10.2 Å². The van der Waals surface area contributed by atoms with Gasteiger partial charge in [-0.15, -0.1) is 0 Å². The predicted molar refractivity (Wildman–Crippen MR) is 152 cm³/mol. The smallest absolute Gasteiger partial charge is 0.242 e. The minimum Gasteiger partial charge on any atom is -0.352 e. The van der Waals surface area contributed by atoms with Gasteiger partial charge in [0, 0.05) is 35.6 Å². The van der Waals surface area contributed by atoms with E-state index in [9.17, 15) is 18.0 Å². The molecule has 0 aliphatic heterocycles. The molecule has 0 radical (unpaired) electrons. The average Bonchev–Trinajstić information content (AvgIpc) is 2.79. The highest BCUT2D eigenvalue weighted by molar-refractivity contribution is 7.92. The molecule has 1 N–H and O–H groups in total. The van der Waals surface area contributed by atoms with Gasteiger partial charge < -0.3 is 10.2 Å². The number of nitrogens with one attached hydrogen (secondary N) is 1. The highest BCUT2D eigenvalue weighted by Gasteiger charge is 2.28. The molecule has 0 aliphatic rings. The standard InChI is InChI=1S/C27H37Cl2N3O4S/c1-7-20(4)30-27(34)21(5)31(17-22-10-11-23(28)16-25(22)29)26(33)9-8-12-32(37(6,35)36)24-14-18(2)13-19(3)15-24/h10-11,13-16,20-21H,7-9,12,17H2,1-6H3,(H,30,34). The lowest BCUT2D eigenvalue weighted by atomic mass is 10.1. The number of hydrogen-bond acceptors (Lipinski definition) is 4. The summed E-state index contributed by atoms with van der Waals surface area (Å²) in [4.78, 5) is 27.8. The summed E-state index contributed by atoms with van der Waals surface area (Å²) in [6.07, 6.45) is 2.25. The van der Waals surface area contributed by atoms with Gasteiger partial charge in [0.05, 0.1) is 11.9 Å². The molecule has 0 fully saturated rings. The Morgan fingerprint density at radius 2 is 1.65 bits per heavy atom. The van der Waals surface area contributed by atoms with Gasteiger partial charge in [-0.1, -0.05) is 42.3 Å². The van der Waals surface area contributed by atoms with Gasteiger partial charge in [0.25, 0.3) is 0 Å². The molecule has 2 aromatic carbocycles. The largest absolute Gasteiger partial charge is 0.352 e. The zero-order valence-corrected chi connectivity index (χ0v) is 24.7. The van der Waals surface area contributed by atoms with Crippen LogP contribution in [0.3, 0.4) is 0 Å². The molecule has 10 heteroatoms. The van der Waals surface area contributed by atoms with Crippen molar-refractivity contribution in [3.8, 4) is 0 Å². The first kappa shape index (κ1) is 30.9. The second kappa shape index (κ2) is 13.5. The van der Waals surface area contributed by atoms with Gasteiger partial charge in [-0.2, -0.15) is 0 Å². The summed E-state index contributed by atoms with van der Waals surface area (Å²) in [5.74, 6) is -0.535. The molecule has 2 unspecified atom stereocenters. The maximum atomic E-state index is 13.4. The number of sulfonamides is 1. The summed E-state index contributed by atoms with van der Waals surface area (Å²) in [7, 11) is -3.56. The number of anilines is 1. The molecular weight excluding hydrogens is 533 g/mol. The Balaban J connectivity index is 2.24. The molecule has 2 aromatic rings. The molecule has 0 heterocycles. The molecule has 0 bridgehead atoms. The summed E-state index contributed by atoms with van der Waals surface area (Å²) in [6, 6.07) is 9.82. The van der Waals surface area contributed by atoms with Gasteiger partial charge in [0.2, 0.25) is 21.8 Å². The van der Waals surface area contributed by atoms with E-state index in [1.807, 2.05) is 45.9 Å². The van der Waals surface area contributed by atoms with E-state index in [2.05, 4.69) is 5.32 Å². The van der Waals surface area contributed by atoms with E-state index in [0.29, 0.717) is 21.3 Å². The Kier molecular flexibility index (Phi) is 11.3. The molecule has 0 aliphatic carbocycles. The third-order valence-electron chi connectivity index (χ3n) is 6.17. The Morgan fingerprint density at radius 1 is 1.03 bits per heavy atom. The lowest BCUT2D eigenvalue weighted by Gasteiger charge is -2.30. The summed E-state index contributed by atoms with van der Waals surface area (Å²) < 4.78 is 26.4. The van der Waals surface area contributed by atoms with E-state index in [1.54, 1.807) is 25.1 Å². The number of carbonyl (C=O) groups is 2. The normalized spacial score (nSPS) is 13.1. The second-order valence-corrected chi connectivity index (χ2v) is 12.3. The Hall–Kier alpha value is -2.29. The summed E-state index contributed by atoms with van der Waals surface area (Å²) >= 11 is 12.4. The summed E-state index contributed by atoms with van der Waals surface area (Å²) in [6.45, 7) is 9.62. The van der Waals surface area contributed by atoms with Crippen molar-refractivity contribution in [2.45, 2.75) is 72.5 Å². The van der Waals surface area contributed by atoms with E-state index in [4.69, 9.17) is 23.2 Å². The molecule has 0 spiro atoms. The van der Waals surface area contributed by atoms with Gasteiger partial charge in [0.15, 0.2) is 0 Å². The molecule has 2 amide bonds. The van der Waals surface area contributed by atoms with Gasteiger partial charge >= 0.3 is 0 Å². The molecule has 0 aromatic heterocycles. The molecule has 37 heavy (non-hydrogen) atoms. The highest BCUT2D eigenvalue weighted by Crippen LogP contribution is 2.25. The van der Waals surface area contributed by atoms with Crippen molar-refractivity contribution < 1.29 is 18.0 Å². The number of amides is 2. The Labute approximate surface area is 231 Å². The zero-order chi connectivity index (χ0) is 27.9. The number of nitrogens with zero attached hydrogens (tertiary/aromatic N) is 2. The molecular formula is C27H37Cl2N3O4S. The molecule has 0 saturated carbocycles. The molecule has 204 valence electrons. The van der Waals surface area contributed by atoms with Crippen molar-refractivity contribution >= 4 is 50.7 Å². The van der Waals surface area contributed by atoms with E-state index in [1.165, 1.54) is 9.21 Å². The fourth-order valence-electron chi connectivity index (χ4n) is 3.98. The number of rotatable bonds is 12. The minimum atomic E-state index is -3.56. The first-order chi connectivity index (χ1) is 17.2. The molecule has 0 saturated heterocycles. The van der Waals surface area contributed by atoms with Crippen LogP contribution in [0.25, 0.3) is 0 Å². The van der Waals surface area contributed by atoms with Gasteiger partial charge in [-0.05, 0) is 81.5 Å². The lowest BCUT2D eigenvalue weighted by Crippen LogP contribution is -2.49. The molecule has 2 atom stereocenters. The number of aryl methyl sites for hydroxylation is 2. The SMILES string of the molecule is CCC(C)NC(=O)C(C)N(Cc1ccc(Cl)cc1Cl)C(=O)CCCN(c1cc(C)cc(C)c1)S(C)(=O)=O. The van der Waals surface area contributed by atoms with Crippen LogP contribution in [0.5, 0.6) is 0 Å². The maximum absolute atomic E-state index is 13.4. The zero-order valence-electron chi connectivity index (χ0n) is 22.3. The van der Waals surface area contributed by atoms with E-state index < -0.39 is 16.1 Å². The van der Waals surface area contributed by atoms with Gasteiger partial charge in [0.1, 0.15) is 6.04 Å². The van der Waals surface area contributed by atoms with Crippen LogP contribution < -0.4 is 9.62 Å². The van der Waals surface area contributed by atoms with Crippen molar-refractivity contribution in [2.75, 3.05) is 17.1 Å². The van der Waals surface area contributed by atoms with Crippen molar-refractivity contribution in [1.29, 1.82) is 0 Å². The number of halogens is 2. The average molecular weight is 571 g/mol. The summed E-state index contributed by atoms with van der Waals surface area (Å²) in [5, 5.41) is 3.80. The van der Waals surface area contributed by atoms with Gasteiger partial charge in [-0.25, -0.2) is 8.42 Å². The van der Waals surface area contributed by atoms with Crippen molar-refractivity contribution in [3.05, 3.63) is 63.1 Å². The van der Waals surface area contributed by atoms with Crippen LogP contribution in [0, 0.1) is 13.8 Å². The first-order valence-electron chi connectivity index (χ1n) is 12.3. The molecule has 7 nitrogen and oxygen atoms in total. The molecule has 2 rings (SSSR count). The fraction of sp³-hybridized carbons (Fsp3) is 0.481. The second-order valence-electron chi connectivity index (χ2n) is 9.54. The maximum Gasteiger partial charge on any atom is 0.242 e. The first-order valence-corrected chi connectivity index (χ1v) is 14.9. The predicted octanol–water partition coefficient (Wildman–Crippen LogP) is 5.49.